The second kappa shape index (κ2) is 10.1. The van der Waals surface area contributed by atoms with Crippen molar-refractivity contribution in [2.45, 2.75) is 0 Å². The molecule has 6 aromatic rings. The molecular weight excluding hydrogens is 457 g/mol. The lowest BCUT2D eigenvalue weighted by Gasteiger charge is -2.10. The van der Waals surface area contributed by atoms with Crippen LogP contribution in [0.4, 0.5) is 0 Å². The van der Waals surface area contributed by atoms with E-state index in [0.29, 0.717) is 30.9 Å². The number of aromatic nitrogens is 3. The minimum Gasteiger partial charge on any atom is -0.537 e. The average molecular weight is 478 g/mol. The van der Waals surface area contributed by atoms with Crippen LogP contribution in [-0.2, 0) is 0 Å². The SMILES string of the molecule is O[B]Oc1cccc(-c2nc(-c3ccccc3)nc(-c3ccc(-c4cccc5ccccc45)cc3)n2)c1. The zero-order valence-electron chi connectivity index (χ0n) is 19.8. The monoisotopic (exact) mass is 478 g/mol. The van der Waals surface area contributed by atoms with Crippen molar-refractivity contribution < 1.29 is 9.68 Å². The van der Waals surface area contributed by atoms with Crippen LogP contribution in [-0.4, -0.2) is 27.7 Å². The Bertz CT molecular complexity index is 1680. The summed E-state index contributed by atoms with van der Waals surface area (Å²) in [5.74, 6) is 2.17. The molecule has 1 N–H and O–H groups in total. The third kappa shape index (κ3) is 4.70. The van der Waals surface area contributed by atoms with Gasteiger partial charge in [-0.1, -0.05) is 109 Å². The van der Waals surface area contributed by atoms with Gasteiger partial charge in [-0.05, 0) is 34.0 Å². The van der Waals surface area contributed by atoms with E-state index in [2.05, 4.69) is 54.6 Å². The summed E-state index contributed by atoms with van der Waals surface area (Å²) >= 11 is 0. The van der Waals surface area contributed by atoms with Gasteiger partial charge in [-0.3, -0.25) is 0 Å². The first-order valence-electron chi connectivity index (χ1n) is 11.9. The van der Waals surface area contributed by atoms with Crippen LogP contribution in [0.2, 0.25) is 0 Å². The standard InChI is InChI=1S/C31H21BN3O2/c36-32-37-26-13-6-12-25(20-26)31-34-29(23-9-2-1-3-10-23)33-30(35-31)24-18-16-22(17-19-24)28-15-7-11-21-8-4-5-14-27(21)28/h1-20,36H. The summed E-state index contributed by atoms with van der Waals surface area (Å²) in [5.41, 5.74) is 4.86. The Morgan fingerprint density at radius 1 is 0.514 bits per heavy atom. The second-order valence-corrected chi connectivity index (χ2v) is 8.53. The van der Waals surface area contributed by atoms with Gasteiger partial charge in [0.1, 0.15) is 5.75 Å². The predicted molar refractivity (Wildman–Crippen MR) is 148 cm³/mol. The molecule has 6 rings (SSSR count). The van der Waals surface area contributed by atoms with Crippen molar-refractivity contribution in [2.75, 3.05) is 0 Å². The number of fused-ring (bicyclic) bond motifs is 1. The molecule has 0 aliphatic rings. The van der Waals surface area contributed by atoms with Crippen LogP contribution < -0.4 is 4.65 Å². The van der Waals surface area contributed by atoms with Gasteiger partial charge in [0.2, 0.25) is 0 Å². The third-order valence-corrected chi connectivity index (χ3v) is 6.19. The van der Waals surface area contributed by atoms with E-state index in [1.165, 1.54) is 16.3 Å². The van der Waals surface area contributed by atoms with Crippen LogP contribution in [0.1, 0.15) is 0 Å². The van der Waals surface area contributed by atoms with E-state index in [1.807, 2.05) is 54.6 Å². The zero-order chi connectivity index (χ0) is 25.0. The molecule has 0 atom stereocenters. The number of hydrogen-bond acceptors (Lipinski definition) is 5. The number of nitrogens with zero attached hydrogens (tertiary/aromatic N) is 3. The fourth-order valence-electron chi connectivity index (χ4n) is 4.40. The molecule has 5 nitrogen and oxygen atoms in total. The molecule has 0 bridgehead atoms. The molecule has 37 heavy (non-hydrogen) atoms. The normalized spacial score (nSPS) is 10.8. The van der Waals surface area contributed by atoms with Crippen LogP contribution >= 0.6 is 0 Å². The summed E-state index contributed by atoms with van der Waals surface area (Å²) in [6.07, 6.45) is 0. The average Bonchev–Trinajstić information content (AvgIpc) is 2.97. The molecule has 0 saturated heterocycles. The van der Waals surface area contributed by atoms with Gasteiger partial charge in [-0.2, -0.15) is 0 Å². The maximum absolute atomic E-state index is 9.04. The van der Waals surface area contributed by atoms with Crippen molar-refractivity contribution in [1.29, 1.82) is 0 Å². The second-order valence-electron chi connectivity index (χ2n) is 8.53. The van der Waals surface area contributed by atoms with Crippen molar-refractivity contribution in [3.63, 3.8) is 0 Å². The molecule has 1 aromatic heterocycles. The molecule has 0 saturated carbocycles. The van der Waals surface area contributed by atoms with Crippen LogP contribution in [0, 0.1) is 0 Å². The van der Waals surface area contributed by atoms with Gasteiger partial charge in [0, 0.05) is 16.7 Å². The first kappa shape index (κ1) is 22.6. The molecule has 0 fully saturated rings. The van der Waals surface area contributed by atoms with E-state index in [1.54, 1.807) is 12.1 Å². The quantitative estimate of drug-likeness (QED) is 0.273. The van der Waals surface area contributed by atoms with Gasteiger partial charge in [0.15, 0.2) is 17.5 Å². The van der Waals surface area contributed by atoms with Crippen molar-refractivity contribution in [2.24, 2.45) is 0 Å². The van der Waals surface area contributed by atoms with Gasteiger partial charge >= 0.3 is 7.69 Å². The fourth-order valence-corrected chi connectivity index (χ4v) is 4.40. The Balaban J connectivity index is 1.44. The van der Waals surface area contributed by atoms with Gasteiger partial charge in [-0.25, -0.2) is 15.0 Å². The predicted octanol–water partition coefficient (Wildman–Crippen LogP) is 6.60. The van der Waals surface area contributed by atoms with E-state index >= 15 is 0 Å². The highest BCUT2D eigenvalue weighted by molar-refractivity contribution is 6.17. The van der Waals surface area contributed by atoms with E-state index in [4.69, 9.17) is 24.6 Å². The van der Waals surface area contributed by atoms with Gasteiger partial charge in [0.25, 0.3) is 0 Å². The molecule has 0 aliphatic heterocycles. The minimum atomic E-state index is 0.489. The highest BCUT2D eigenvalue weighted by Crippen LogP contribution is 2.31. The Hall–Kier alpha value is -4.81. The summed E-state index contributed by atoms with van der Waals surface area (Å²) in [6, 6.07) is 40.2. The molecule has 175 valence electrons. The number of rotatable bonds is 6. The Kier molecular flexibility index (Phi) is 6.15. The fraction of sp³-hybridized carbons (Fsp3) is 0. The van der Waals surface area contributed by atoms with Gasteiger partial charge < -0.3 is 9.68 Å². The molecule has 0 aliphatic carbocycles. The first-order chi connectivity index (χ1) is 18.3. The molecule has 6 heteroatoms. The molecule has 0 unspecified atom stereocenters. The molecular formula is C31H21BN3O2. The van der Waals surface area contributed by atoms with E-state index in [-0.39, 0.29) is 0 Å². The van der Waals surface area contributed by atoms with Crippen LogP contribution in [0.3, 0.4) is 0 Å². The van der Waals surface area contributed by atoms with Crippen LogP contribution in [0.5, 0.6) is 5.75 Å². The van der Waals surface area contributed by atoms with Crippen LogP contribution in [0.15, 0.2) is 121 Å². The lowest BCUT2D eigenvalue weighted by Crippen LogP contribution is -2.02. The Morgan fingerprint density at radius 3 is 1.84 bits per heavy atom. The topological polar surface area (TPSA) is 68.1 Å². The largest absolute Gasteiger partial charge is 0.569 e. The first-order valence-corrected chi connectivity index (χ1v) is 11.9. The van der Waals surface area contributed by atoms with Crippen molar-refractivity contribution in [3.05, 3.63) is 121 Å². The minimum absolute atomic E-state index is 0.489. The smallest absolute Gasteiger partial charge is 0.537 e. The Morgan fingerprint density at radius 2 is 1.08 bits per heavy atom. The van der Waals surface area contributed by atoms with E-state index < -0.39 is 0 Å². The highest BCUT2D eigenvalue weighted by Gasteiger charge is 2.13. The molecule has 1 heterocycles. The van der Waals surface area contributed by atoms with Gasteiger partial charge in [-0.15, -0.1) is 0 Å². The molecule has 0 spiro atoms. The maximum atomic E-state index is 9.04. The summed E-state index contributed by atoms with van der Waals surface area (Å²) in [6.45, 7) is 0. The van der Waals surface area contributed by atoms with Crippen molar-refractivity contribution in [3.8, 4) is 51.0 Å². The van der Waals surface area contributed by atoms with E-state index in [0.717, 1.165) is 22.3 Å². The van der Waals surface area contributed by atoms with Crippen LogP contribution in [0.25, 0.3) is 56.1 Å². The summed E-state index contributed by atoms with van der Waals surface area (Å²) in [7, 11) is 0.658. The van der Waals surface area contributed by atoms with Gasteiger partial charge in [0.05, 0.1) is 0 Å². The molecule has 0 amide bonds. The van der Waals surface area contributed by atoms with Crippen molar-refractivity contribution in [1.82, 2.24) is 15.0 Å². The summed E-state index contributed by atoms with van der Waals surface area (Å²) in [5, 5.41) is 11.5. The number of benzene rings is 5. The molecule has 5 aromatic carbocycles. The Labute approximate surface area is 215 Å². The summed E-state index contributed by atoms with van der Waals surface area (Å²) in [4.78, 5) is 14.4. The number of hydrogen-bond donors (Lipinski definition) is 1. The maximum Gasteiger partial charge on any atom is 0.569 e. The van der Waals surface area contributed by atoms with E-state index in [9.17, 15) is 0 Å². The third-order valence-electron chi connectivity index (χ3n) is 6.19. The highest BCUT2D eigenvalue weighted by atomic mass is 16.5. The lowest BCUT2D eigenvalue weighted by molar-refractivity contribution is 0.454. The van der Waals surface area contributed by atoms with Crippen molar-refractivity contribution >= 4 is 18.5 Å². The zero-order valence-corrected chi connectivity index (χ0v) is 19.8. The lowest BCUT2D eigenvalue weighted by atomic mass is 9.97. The summed E-state index contributed by atoms with van der Waals surface area (Å²) < 4.78 is 5.14. The molecule has 1 radical (unpaired) electrons.